The van der Waals surface area contributed by atoms with Crippen LogP contribution in [0, 0.1) is 0 Å². The number of hydrogen-bond acceptors (Lipinski definition) is 3. The third kappa shape index (κ3) is 3.62. The zero-order chi connectivity index (χ0) is 13.5. The Morgan fingerprint density at radius 3 is 2.61 bits per heavy atom. The van der Waals surface area contributed by atoms with Gasteiger partial charge in [-0.25, -0.2) is 0 Å². The quantitative estimate of drug-likeness (QED) is 0.861. The van der Waals surface area contributed by atoms with E-state index in [4.69, 9.17) is 22.1 Å². The summed E-state index contributed by atoms with van der Waals surface area (Å²) in [4.78, 5) is 13.5. The third-order valence-corrected chi connectivity index (χ3v) is 3.02. The second-order valence-corrected chi connectivity index (χ2v) is 4.19. The monoisotopic (exact) mass is 270 g/mol. The lowest BCUT2D eigenvalue weighted by molar-refractivity contribution is -0.132. The van der Waals surface area contributed by atoms with Gasteiger partial charge in [0.25, 0.3) is 5.91 Å². The van der Waals surface area contributed by atoms with Crippen LogP contribution in [0.15, 0.2) is 18.2 Å². The highest BCUT2D eigenvalue weighted by atomic mass is 35.5. The standard InChI is InChI=1S/C13H19ClN2O2/c1-3-16(4-2)12(17)9-18-13-10(8-15)6-5-7-11(13)14/h5-7H,3-4,8-9,15H2,1-2H3. The number of para-hydroxylation sites is 1. The first-order valence-corrected chi connectivity index (χ1v) is 6.39. The molecule has 0 fully saturated rings. The Labute approximate surface area is 113 Å². The smallest absolute Gasteiger partial charge is 0.260 e. The van der Waals surface area contributed by atoms with Crippen molar-refractivity contribution < 1.29 is 9.53 Å². The van der Waals surface area contributed by atoms with Crippen LogP contribution in [0.5, 0.6) is 5.75 Å². The summed E-state index contributed by atoms with van der Waals surface area (Å²) in [5.41, 5.74) is 6.40. The van der Waals surface area contributed by atoms with Gasteiger partial charge in [0.15, 0.2) is 6.61 Å². The molecule has 18 heavy (non-hydrogen) atoms. The molecule has 0 heterocycles. The minimum absolute atomic E-state index is 0.0155. The van der Waals surface area contributed by atoms with Crippen molar-refractivity contribution in [2.45, 2.75) is 20.4 Å². The Morgan fingerprint density at radius 1 is 1.39 bits per heavy atom. The van der Waals surface area contributed by atoms with Crippen LogP contribution in [-0.2, 0) is 11.3 Å². The van der Waals surface area contributed by atoms with Crippen LogP contribution in [0.1, 0.15) is 19.4 Å². The molecule has 1 amide bonds. The third-order valence-electron chi connectivity index (χ3n) is 2.72. The van der Waals surface area contributed by atoms with Gasteiger partial charge in [0.2, 0.25) is 0 Å². The largest absolute Gasteiger partial charge is 0.482 e. The van der Waals surface area contributed by atoms with Crippen LogP contribution in [0.2, 0.25) is 5.02 Å². The highest BCUT2D eigenvalue weighted by Gasteiger charge is 2.13. The minimum atomic E-state index is -0.0529. The number of carbonyl (C=O) groups excluding carboxylic acids is 1. The van der Waals surface area contributed by atoms with E-state index in [1.165, 1.54) is 0 Å². The molecule has 5 heteroatoms. The van der Waals surface area contributed by atoms with Gasteiger partial charge in [0.05, 0.1) is 5.02 Å². The topological polar surface area (TPSA) is 55.6 Å². The van der Waals surface area contributed by atoms with Crippen LogP contribution in [-0.4, -0.2) is 30.5 Å². The Hall–Kier alpha value is -1.26. The van der Waals surface area contributed by atoms with Gasteiger partial charge in [-0.2, -0.15) is 0 Å². The summed E-state index contributed by atoms with van der Waals surface area (Å²) in [5, 5.41) is 0.477. The lowest BCUT2D eigenvalue weighted by atomic mass is 10.2. The molecule has 0 unspecified atom stereocenters. The van der Waals surface area contributed by atoms with Crippen LogP contribution < -0.4 is 10.5 Å². The van der Waals surface area contributed by atoms with Crippen molar-refractivity contribution in [3.63, 3.8) is 0 Å². The van der Waals surface area contributed by atoms with E-state index in [0.717, 1.165) is 5.56 Å². The SMILES string of the molecule is CCN(CC)C(=O)COc1c(Cl)cccc1CN. The van der Waals surface area contributed by atoms with E-state index in [1.807, 2.05) is 26.0 Å². The van der Waals surface area contributed by atoms with Crippen LogP contribution >= 0.6 is 11.6 Å². The molecule has 0 aromatic heterocycles. The van der Waals surface area contributed by atoms with Gasteiger partial charge in [0.1, 0.15) is 5.75 Å². The van der Waals surface area contributed by atoms with Crippen molar-refractivity contribution in [3.05, 3.63) is 28.8 Å². The molecule has 1 aromatic rings. The number of nitrogens with two attached hydrogens (primary N) is 1. The summed E-state index contributed by atoms with van der Waals surface area (Å²) in [5.74, 6) is 0.449. The number of amides is 1. The molecule has 1 aromatic carbocycles. The first-order chi connectivity index (χ1) is 8.63. The van der Waals surface area contributed by atoms with Crippen LogP contribution in [0.25, 0.3) is 0 Å². The summed E-state index contributed by atoms with van der Waals surface area (Å²) in [6.45, 7) is 5.52. The van der Waals surface area contributed by atoms with Crippen molar-refractivity contribution in [3.8, 4) is 5.75 Å². The summed E-state index contributed by atoms with van der Waals surface area (Å²) in [7, 11) is 0. The van der Waals surface area contributed by atoms with E-state index in [9.17, 15) is 4.79 Å². The zero-order valence-corrected chi connectivity index (χ0v) is 11.5. The highest BCUT2D eigenvalue weighted by Crippen LogP contribution is 2.28. The number of ether oxygens (including phenoxy) is 1. The maximum Gasteiger partial charge on any atom is 0.260 e. The Morgan fingerprint density at radius 2 is 2.06 bits per heavy atom. The van der Waals surface area contributed by atoms with Crippen molar-refractivity contribution in [2.75, 3.05) is 19.7 Å². The fourth-order valence-electron chi connectivity index (χ4n) is 1.68. The van der Waals surface area contributed by atoms with Crippen LogP contribution in [0.3, 0.4) is 0 Å². The molecule has 1 rings (SSSR count). The van der Waals surface area contributed by atoms with Gasteiger partial charge in [-0.1, -0.05) is 23.7 Å². The molecule has 0 spiro atoms. The van der Waals surface area contributed by atoms with Crippen molar-refractivity contribution >= 4 is 17.5 Å². The molecule has 0 atom stereocenters. The molecule has 0 aliphatic heterocycles. The fraction of sp³-hybridized carbons (Fsp3) is 0.462. The summed E-state index contributed by atoms with van der Waals surface area (Å²) < 4.78 is 5.50. The van der Waals surface area contributed by atoms with Crippen LogP contribution in [0.4, 0.5) is 0 Å². The molecule has 0 saturated carbocycles. The van der Waals surface area contributed by atoms with Crippen molar-refractivity contribution in [2.24, 2.45) is 5.73 Å². The number of nitrogens with zero attached hydrogens (tertiary/aromatic N) is 1. The average molecular weight is 271 g/mol. The first-order valence-electron chi connectivity index (χ1n) is 6.02. The van der Waals surface area contributed by atoms with Gasteiger partial charge in [-0.3, -0.25) is 4.79 Å². The normalized spacial score (nSPS) is 10.2. The Balaban J connectivity index is 2.71. The van der Waals surface area contributed by atoms with Crippen molar-refractivity contribution in [1.82, 2.24) is 4.90 Å². The number of likely N-dealkylation sites (N-methyl/N-ethyl adjacent to an activating group) is 1. The predicted octanol–water partition coefficient (Wildman–Crippen LogP) is 2.05. The van der Waals surface area contributed by atoms with E-state index >= 15 is 0 Å². The molecular weight excluding hydrogens is 252 g/mol. The lowest BCUT2D eigenvalue weighted by Gasteiger charge is -2.19. The number of rotatable bonds is 6. The molecule has 0 radical (unpaired) electrons. The average Bonchev–Trinajstić information content (AvgIpc) is 2.38. The van der Waals surface area contributed by atoms with E-state index in [2.05, 4.69) is 0 Å². The van der Waals surface area contributed by atoms with Gasteiger partial charge in [-0.05, 0) is 19.9 Å². The highest BCUT2D eigenvalue weighted by molar-refractivity contribution is 6.32. The second kappa shape index (κ2) is 7.24. The summed E-state index contributed by atoms with van der Waals surface area (Å²) in [6, 6.07) is 5.37. The molecule has 2 N–H and O–H groups in total. The zero-order valence-electron chi connectivity index (χ0n) is 10.8. The predicted molar refractivity (Wildman–Crippen MR) is 72.8 cm³/mol. The minimum Gasteiger partial charge on any atom is -0.482 e. The lowest BCUT2D eigenvalue weighted by Crippen LogP contribution is -2.34. The molecule has 0 saturated heterocycles. The Kier molecular flexibility index (Phi) is 5.95. The van der Waals surface area contributed by atoms with E-state index in [-0.39, 0.29) is 12.5 Å². The van der Waals surface area contributed by atoms with Gasteiger partial charge >= 0.3 is 0 Å². The van der Waals surface area contributed by atoms with E-state index < -0.39 is 0 Å². The summed E-state index contributed by atoms with van der Waals surface area (Å²) in [6.07, 6.45) is 0. The van der Waals surface area contributed by atoms with Gasteiger partial charge < -0.3 is 15.4 Å². The molecule has 100 valence electrons. The number of halogens is 1. The fourth-order valence-corrected chi connectivity index (χ4v) is 1.93. The van der Waals surface area contributed by atoms with E-state index in [1.54, 1.807) is 11.0 Å². The Bertz CT molecular complexity index is 406. The molecule has 0 bridgehead atoms. The maximum absolute atomic E-state index is 11.8. The number of hydrogen-bond donors (Lipinski definition) is 1. The van der Waals surface area contributed by atoms with Gasteiger partial charge in [-0.15, -0.1) is 0 Å². The first kappa shape index (κ1) is 14.8. The van der Waals surface area contributed by atoms with Gasteiger partial charge in [0, 0.05) is 25.2 Å². The van der Waals surface area contributed by atoms with Crippen molar-refractivity contribution in [1.29, 1.82) is 0 Å². The summed E-state index contributed by atoms with van der Waals surface area (Å²) >= 11 is 6.03. The number of benzene rings is 1. The molecule has 0 aliphatic carbocycles. The van der Waals surface area contributed by atoms with E-state index in [0.29, 0.717) is 30.4 Å². The molecule has 4 nitrogen and oxygen atoms in total. The number of carbonyl (C=O) groups is 1. The molecule has 0 aliphatic rings. The molecular formula is C13H19ClN2O2. The second-order valence-electron chi connectivity index (χ2n) is 3.79. The maximum atomic E-state index is 11.8.